The highest BCUT2D eigenvalue weighted by Gasteiger charge is 2.02. The van der Waals surface area contributed by atoms with E-state index in [0.717, 1.165) is 17.9 Å². The number of nitrogens with one attached hydrogen (secondary N) is 1. The first-order valence-electron chi connectivity index (χ1n) is 6.17. The number of ether oxygens (including phenoxy) is 1. The van der Waals surface area contributed by atoms with E-state index in [1.807, 2.05) is 19.1 Å². The van der Waals surface area contributed by atoms with Gasteiger partial charge in [0.25, 0.3) is 0 Å². The van der Waals surface area contributed by atoms with Crippen molar-refractivity contribution >= 4 is 11.5 Å². The minimum atomic E-state index is 0.551. The van der Waals surface area contributed by atoms with E-state index in [-0.39, 0.29) is 0 Å². The summed E-state index contributed by atoms with van der Waals surface area (Å²) in [6, 6.07) is 9.89. The standard InChI is InChI=1S/C14H18N4O/c1-10-16-13(9-14(17-10)19-2)18-12-5-3-11(4-6-12)7-8-15/h3-6,9H,7-8,15H2,1-2H3,(H,16,17,18). The first-order chi connectivity index (χ1) is 9.21. The molecule has 0 bridgehead atoms. The maximum Gasteiger partial charge on any atom is 0.218 e. The summed E-state index contributed by atoms with van der Waals surface area (Å²) in [5, 5.41) is 3.23. The molecule has 0 radical (unpaired) electrons. The van der Waals surface area contributed by atoms with Crippen LogP contribution >= 0.6 is 0 Å². The lowest BCUT2D eigenvalue weighted by Crippen LogP contribution is -2.03. The van der Waals surface area contributed by atoms with E-state index in [1.54, 1.807) is 13.2 Å². The number of rotatable bonds is 5. The predicted octanol–water partition coefficient (Wildman–Crippen LogP) is 2.04. The zero-order valence-corrected chi connectivity index (χ0v) is 11.2. The molecule has 0 fully saturated rings. The third-order valence-corrected chi connectivity index (χ3v) is 2.68. The van der Waals surface area contributed by atoms with E-state index in [1.165, 1.54) is 5.56 Å². The lowest BCUT2D eigenvalue weighted by atomic mass is 10.1. The molecule has 0 aliphatic carbocycles. The van der Waals surface area contributed by atoms with Crippen LogP contribution in [0.1, 0.15) is 11.4 Å². The fourth-order valence-electron chi connectivity index (χ4n) is 1.78. The largest absolute Gasteiger partial charge is 0.481 e. The molecule has 1 aromatic carbocycles. The highest BCUT2D eigenvalue weighted by atomic mass is 16.5. The highest BCUT2D eigenvalue weighted by molar-refractivity contribution is 5.57. The second kappa shape index (κ2) is 6.15. The van der Waals surface area contributed by atoms with Gasteiger partial charge >= 0.3 is 0 Å². The van der Waals surface area contributed by atoms with Gasteiger partial charge in [0.2, 0.25) is 5.88 Å². The molecule has 3 N–H and O–H groups in total. The minimum Gasteiger partial charge on any atom is -0.481 e. The van der Waals surface area contributed by atoms with E-state index in [0.29, 0.717) is 18.2 Å². The van der Waals surface area contributed by atoms with Crippen molar-refractivity contribution in [2.75, 3.05) is 19.0 Å². The highest BCUT2D eigenvalue weighted by Crippen LogP contribution is 2.18. The summed E-state index contributed by atoms with van der Waals surface area (Å²) >= 11 is 0. The van der Waals surface area contributed by atoms with Crippen LogP contribution in [0.2, 0.25) is 0 Å². The van der Waals surface area contributed by atoms with Gasteiger partial charge in [-0.3, -0.25) is 0 Å². The minimum absolute atomic E-state index is 0.551. The maximum atomic E-state index is 5.52. The van der Waals surface area contributed by atoms with Crippen LogP contribution in [-0.2, 0) is 6.42 Å². The Balaban J connectivity index is 2.14. The number of methoxy groups -OCH3 is 1. The van der Waals surface area contributed by atoms with Crippen molar-refractivity contribution in [1.29, 1.82) is 0 Å². The van der Waals surface area contributed by atoms with Crippen LogP contribution < -0.4 is 15.8 Å². The smallest absolute Gasteiger partial charge is 0.218 e. The molecule has 0 aliphatic heterocycles. The lowest BCUT2D eigenvalue weighted by molar-refractivity contribution is 0.396. The normalized spacial score (nSPS) is 10.3. The number of hydrogen-bond donors (Lipinski definition) is 2. The molecule has 0 aliphatic rings. The molecule has 0 atom stereocenters. The zero-order valence-electron chi connectivity index (χ0n) is 11.2. The molecule has 0 saturated heterocycles. The molecule has 19 heavy (non-hydrogen) atoms. The van der Waals surface area contributed by atoms with E-state index in [4.69, 9.17) is 10.5 Å². The third-order valence-electron chi connectivity index (χ3n) is 2.68. The summed E-state index contributed by atoms with van der Waals surface area (Å²) in [4.78, 5) is 8.46. The number of aromatic nitrogens is 2. The van der Waals surface area contributed by atoms with Crippen molar-refractivity contribution < 1.29 is 4.74 Å². The van der Waals surface area contributed by atoms with Gasteiger partial charge in [0.15, 0.2) is 0 Å². The van der Waals surface area contributed by atoms with E-state index < -0.39 is 0 Å². The molecule has 2 rings (SSSR count). The van der Waals surface area contributed by atoms with Crippen molar-refractivity contribution in [3.8, 4) is 5.88 Å². The maximum absolute atomic E-state index is 5.52. The topological polar surface area (TPSA) is 73.1 Å². The molecule has 1 heterocycles. The van der Waals surface area contributed by atoms with Crippen LogP contribution in [0.15, 0.2) is 30.3 Å². The number of aryl methyl sites for hydroxylation is 1. The molecule has 0 amide bonds. The molecule has 1 aromatic heterocycles. The Hall–Kier alpha value is -2.14. The Morgan fingerprint density at radius 1 is 1.21 bits per heavy atom. The number of nitrogens with two attached hydrogens (primary N) is 1. The van der Waals surface area contributed by atoms with Crippen molar-refractivity contribution in [2.45, 2.75) is 13.3 Å². The first-order valence-corrected chi connectivity index (χ1v) is 6.17. The van der Waals surface area contributed by atoms with Crippen LogP contribution in [0, 0.1) is 6.92 Å². The van der Waals surface area contributed by atoms with Crippen LogP contribution in [0.5, 0.6) is 5.88 Å². The average molecular weight is 258 g/mol. The Morgan fingerprint density at radius 2 is 1.95 bits per heavy atom. The van der Waals surface area contributed by atoms with Crippen molar-refractivity contribution in [3.05, 3.63) is 41.7 Å². The second-order valence-electron chi connectivity index (χ2n) is 4.20. The Kier molecular flexibility index (Phi) is 4.30. The molecular formula is C14H18N4O. The molecule has 0 spiro atoms. The van der Waals surface area contributed by atoms with Crippen LogP contribution in [0.25, 0.3) is 0 Å². The Morgan fingerprint density at radius 3 is 2.58 bits per heavy atom. The van der Waals surface area contributed by atoms with Gasteiger partial charge in [-0.05, 0) is 37.6 Å². The van der Waals surface area contributed by atoms with Gasteiger partial charge in [0.05, 0.1) is 7.11 Å². The van der Waals surface area contributed by atoms with Gasteiger partial charge in [-0.2, -0.15) is 4.98 Å². The monoisotopic (exact) mass is 258 g/mol. The molecule has 2 aromatic rings. The van der Waals surface area contributed by atoms with E-state index >= 15 is 0 Å². The zero-order chi connectivity index (χ0) is 13.7. The average Bonchev–Trinajstić information content (AvgIpc) is 2.40. The van der Waals surface area contributed by atoms with Crippen LogP contribution in [-0.4, -0.2) is 23.6 Å². The Labute approximate surface area is 112 Å². The van der Waals surface area contributed by atoms with Crippen molar-refractivity contribution in [1.82, 2.24) is 9.97 Å². The number of benzene rings is 1. The van der Waals surface area contributed by atoms with Gasteiger partial charge in [0.1, 0.15) is 11.6 Å². The lowest BCUT2D eigenvalue weighted by Gasteiger charge is -2.08. The van der Waals surface area contributed by atoms with E-state index in [9.17, 15) is 0 Å². The fraction of sp³-hybridized carbons (Fsp3) is 0.286. The fourth-order valence-corrected chi connectivity index (χ4v) is 1.78. The van der Waals surface area contributed by atoms with E-state index in [2.05, 4.69) is 27.4 Å². The first kappa shape index (κ1) is 13.3. The number of nitrogens with zero attached hydrogens (tertiary/aromatic N) is 2. The summed E-state index contributed by atoms with van der Waals surface area (Å²) in [5.41, 5.74) is 7.72. The quantitative estimate of drug-likeness (QED) is 0.858. The summed E-state index contributed by atoms with van der Waals surface area (Å²) < 4.78 is 5.12. The number of anilines is 2. The van der Waals surface area contributed by atoms with Gasteiger partial charge in [-0.15, -0.1) is 0 Å². The summed E-state index contributed by atoms with van der Waals surface area (Å²) in [6.45, 7) is 2.49. The van der Waals surface area contributed by atoms with Crippen molar-refractivity contribution in [3.63, 3.8) is 0 Å². The SMILES string of the molecule is COc1cc(Nc2ccc(CCN)cc2)nc(C)n1. The molecule has 100 valence electrons. The molecule has 0 saturated carbocycles. The third kappa shape index (κ3) is 3.66. The molecule has 0 unspecified atom stereocenters. The number of hydrogen-bond acceptors (Lipinski definition) is 5. The Bertz CT molecular complexity index is 540. The van der Waals surface area contributed by atoms with Crippen molar-refractivity contribution in [2.24, 2.45) is 5.73 Å². The molecule has 5 nitrogen and oxygen atoms in total. The summed E-state index contributed by atoms with van der Waals surface area (Å²) in [5.74, 6) is 1.94. The van der Waals surface area contributed by atoms with Gasteiger partial charge < -0.3 is 15.8 Å². The second-order valence-corrected chi connectivity index (χ2v) is 4.20. The van der Waals surface area contributed by atoms with Crippen LogP contribution in [0.4, 0.5) is 11.5 Å². The van der Waals surface area contributed by atoms with Gasteiger partial charge in [-0.25, -0.2) is 4.98 Å². The summed E-state index contributed by atoms with van der Waals surface area (Å²) in [7, 11) is 1.59. The van der Waals surface area contributed by atoms with Crippen LogP contribution in [0.3, 0.4) is 0 Å². The molecular weight excluding hydrogens is 240 g/mol. The van der Waals surface area contributed by atoms with Gasteiger partial charge in [-0.1, -0.05) is 12.1 Å². The predicted molar refractivity (Wildman–Crippen MR) is 75.8 cm³/mol. The summed E-state index contributed by atoms with van der Waals surface area (Å²) in [6.07, 6.45) is 0.890. The van der Waals surface area contributed by atoms with Gasteiger partial charge in [0, 0.05) is 11.8 Å². The molecule has 5 heteroatoms.